The van der Waals surface area contributed by atoms with Crippen molar-refractivity contribution in [2.45, 2.75) is 45.6 Å². The van der Waals surface area contributed by atoms with Crippen molar-refractivity contribution in [1.29, 1.82) is 0 Å². The number of carbonyl (C=O) groups is 1. The molecule has 0 saturated carbocycles. The Hall–Kier alpha value is -2.17. The molecule has 0 aliphatic rings. The molecule has 0 radical (unpaired) electrons. The Kier molecular flexibility index (Phi) is 5.69. The molecule has 5 heteroatoms. The largest absolute Gasteiger partial charge is 0.349 e. The molecule has 22 heavy (non-hydrogen) atoms. The lowest BCUT2D eigenvalue weighted by Gasteiger charge is -2.18. The van der Waals surface area contributed by atoms with Crippen LogP contribution in [0.5, 0.6) is 0 Å². The van der Waals surface area contributed by atoms with Crippen molar-refractivity contribution in [3.63, 3.8) is 0 Å². The molecule has 1 heterocycles. The molecular weight excluding hydrogens is 276 g/mol. The number of benzene rings is 1. The van der Waals surface area contributed by atoms with E-state index in [1.54, 1.807) is 0 Å². The maximum Gasteiger partial charge on any atom is 0.220 e. The minimum Gasteiger partial charge on any atom is -0.349 e. The predicted octanol–water partition coefficient (Wildman–Crippen LogP) is 2.71. The van der Waals surface area contributed by atoms with Gasteiger partial charge in [-0.3, -0.25) is 4.79 Å². The Labute approximate surface area is 131 Å². The van der Waals surface area contributed by atoms with Gasteiger partial charge in [-0.25, -0.2) is 0 Å². The molecule has 1 aromatic heterocycles. The molecule has 1 aromatic carbocycles. The van der Waals surface area contributed by atoms with Crippen LogP contribution in [0.4, 0.5) is 0 Å². The van der Waals surface area contributed by atoms with E-state index in [0.717, 1.165) is 30.1 Å². The van der Waals surface area contributed by atoms with Gasteiger partial charge in [0.25, 0.3) is 0 Å². The molecule has 0 aliphatic heterocycles. The number of hydrogen-bond acceptors (Lipinski definition) is 3. The number of hydrogen-bond donors (Lipinski definition) is 1. The lowest BCUT2D eigenvalue weighted by Crippen LogP contribution is -2.28. The summed E-state index contributed by atoms with van der Waals surface area (Å²) in [6.45, 7) is 4.04. The first kappa shape index (κ1) is 16.2. The van der Waals surface area contributed by atoms with E-state index in [1.807, 2.05) is 36.7 Å². The third kappa shape index (κ3) is 4.16. The van der Waals surface area contributed by atoms with Crippen LogP contribution in [0.1, 0.15) is 49.4 Å². The van der Waals surface area contributed by atoms with Crippen molar-refractivity contribution in [1.82, 2.24) is 20.1 Å². The molecule has 1 amide bonds. The Bertz CT molecular complexity index is 606. The van der Waals surface area contributed by atoms with Gasteiger partial charge in [-0.1, -0.05) is 43.7 Å². The highest BCUT2D eigenvalue weighted by atomic mass is 16.1. The molecule has 0 bridgehead atoms. The van der Waals surface area contributed by atoms with Crippen LogP contribution in [-0.2, 0) is 18.3 Å². The molecule has 1 N–H and O–H groups in total. The zero-order valence-corrected chi connectivity index (χ0v) is 13.5. The fourth-order valence-corrected chi connectivity index (χ4v) is 2.46. The van der Waals surface area contributed by atoms with Gasteiger partial charge in [-0.2, -0.15) is 0 Å². The van der Waals surface area contributed by atoms with Gasteiger partial charge in [0.15, 0.2) is 0 Å². The zero-order valence-electron chi connectivity index (χ0n) is 13.5. The Morgan fingerprint density at radius 2 is 2.00 bits per heavy atom. The molecule has 1 unspecified atom stereocenters. The number of amides is 1. The van der Waals surface area contributed by atoms with Crippen LogP contribution in [0.3, 0.4) is 0 Å². The summed E-state index contributed by atoms with van der Waals surface area (Å²) in [5.41, 5.74) is 1.16. The number of nitrogens with one attached hydrogen (secondary N) is 1. The van der Waals surface area contributed by atoms with Crippen molar-refractivity contribution >= 4 is 5.91 Å². The summed E-state index contributed by atoms with van der Waals surface area (Å²) in [5, 5.41) is 11.2. The second kappa shape index (κ2) is 7.73. The second-order valence-corrected chi connectivity index (χ2v) is 5.54. The Balaban J connectivity index is 1.93. The first-order chi connectivity index (χ1) is 10.6. The molecule has 118 valence electrons. The molecule has 1 atom stereocenters. The standard InChI is InChI=1S/C17H24N4O/c1-4-8-15(14-9-6-5-7-10-14)18-17(22)12-11-16-20-19-13(2)21(16)3/h5-7,9-10,15H,4,8,11-12H2,1-3H3,(H,18,22). The smallest absolute Gasteiger partial charge is 0.220 e. The van der Waals surface area contributed by atoms with Crippen LogP contribution in [-0.4, -0.2) is 20.7 Å². The SMILES string of the molecule is CCCC(NC(=O)CCc1nnc(C)n1C)c1ccccc1. The minimum atomic E-state index is 0.0583. The molecule has 5 nitrogen and oxygen atoms in total. The van der Waals surface area contributed by atoms with Gasteiger partial charge in [0.05, 0.1) is 6.04 Å². The summed E-state index contributed by atoms with van der Waals surface area (Å²) in [5.74, 6) is 1.77. The van der Waals surface area contributed by atoms with Crippen LogP contribution in [0.2, 0.25) is 0 Å². The summed E-state index contributed by atoms with van der Waals surface area (Å²) >= 11 is 0. The highest BCUT2D eigenvalue weighted by molar-refractivity contribution is 5.76. The highest BCUT2D eigenvalue weighted by Crippen LogP contribution is 2.18. The number of aryl methyl sites for hydroxylation is 2. The Morgan fingerprint density at radius 3 is 2.59 bits per heavy atom. The van der Waals surface area contributed by atoms with Gasteiger partial charge >= 0.3 is 0 Å². The fourth-order valence-electron chi connectivity index (χ4n) is 2.46. The lowest BCUT2D eigenvalue weighted by atomic mass is 10.0. The molecule has 0 fully saturated rings. The minimum absolute atomic E-state index is 0.0583. The summed E-state index contributed by atoms with van der Waals surface area (Å²) in [4.78, 5) is 12.2. The molecule has 2 aromatic rings. The normalized spacial score (nSPS) is 12.1. The molecule has 2 rings (SSSR count). The lowest BCUT2D eigenvalue weighted by molar-refractivity contribution is -0.121. The predicted molar refractivity (Wildman–Crippen MR) is 86.3 cm³/mol. The molecule has 0 spiro atoms. The first-order valence-electron chi connectivity index (χ1n) is 7.81. The van der Waals surface area contributed by atoms with Gasteiger partial charge in [0.2, 0.25) is 5.91 Å². The number of rotatable bonds is 7. The van der Waals surface area contributed by atoms with Gasteiger partial charge < -0.3 is 9.88 Å². The quantitative estimate of drug-likeness (QED) is 0.855. The fraction of sp³-hybridized carbons (Fsp3) is 0.471. The average Bonchev–Trinajstić information content (AvgIpc) is 2.85. The maximum absolute atomic E-state index is 12.2. The zero-order chi connectivity index (χ0) is 15.9. The summed E-state index contributed by atoms with van der Waals surface area (Å²) in [6.07, 6.45) is 3.01. The van der Waals surface area contributed by atoms with E-state index >= 15 is 0 Å². The van der Waals surface area contributed by atoms with Crippen LogP contribution in [0, 0.1) is 6.92 Å². The summed E-state index contributed by atoms with van der Waals surface area (Å²) < 4.78 is 1.92. The van der Waals surface area contributed by atoms with E-state index in [2.05, 4.69) is 34.6 Å². The Morgan fingerprint density at radius 1 is 1.27 bits per heavy atom. The van der Waals surface area contributed by atoms with Crippen LogP contribution < -0.4 is 5.32 Å². The van der Waals surface area contributed by atoms with Crippen LogP contribution in [0.15, 0.2) is 30.3 Å². The average molecular weight is 300 g/mol. The molecular formula is C17H24N4O. The molecule has 0 saturated heterocycles. The summed E-state index contributed by atoms with van der Waals surface area (Å²) in [7, 11) is 1.92. The number of aromatic nitrogens is 3. The van der Waals surface area contributed by atoms with Crippen molar-refractivity contribution in [3.05, 3.63) is 47.5 Å². The van der Waals surface area contributed by atoms with E-state index in [0.29, 0.717) is 12.8 Å². The molecule has 0 aliphatic carbocycles. The van der Waals surface area contributed by atoms with Gasteiger partial charge in [0.1, 0.15) is 11.6 Å². The van der Waals surface area contributed by atoms with E-state index < -0.39 is 0 Å². The van der Waals surface area contributed by atoms with Crippen molar-refractivity contribution in [3.8, 4) is 0 Å². The first-order valence-corrected chi connectivity index (χ1v) is 7.81. The van der Waals surface area contributed by atoms with E-state index in [-0.39, 0.29) is 11.9 Å². The van der Waals surface area contributed by atoms with Gasteiger partial charge in [-0.15, -0.1) is 10.2 Å². The third-order valence-electron chi connectivity index (χ3n) is 3.87. The third-order valence-corrected chi connectivity index (χ3v) is 3.87. The van der Waals surface area contributed by atoms with Gasteiger partial charge in [-0.05, 0) is 18.9 Å². The monoisotopic (exact) mass is 300 g/mol. The van der Waals surface area contributed by atoms with Crippen LogP contribution in [0.25, 0.3) is 0 Å². The van der Waals surface area contributed by atoms with Crippen LogP contribution >= 0.6 is 0 Å². The number of nitrogens with zero attached hydrogens (tertiary/aromatic N) is 3. The second-order valence-electron chi connectivity index (χ2n) is 5.54. The topological polar surface area (TPSA) is 59.8 Å². The van der Waals surface area contributed by atoms with E-state index in [9.17, 15) is 4.79 Å². The van der Waals surface area contributed by atoms with E-state index in [4.69, 9.17) is 0 Å². The van der Waals surface area contributed by atoms with E-state index in [1.165, 1.54) is 0 Å². The van der Waals surface area contributed by atoms with Crippen molar-refractivity contribution in [2.24, 2.45) is 7.05 Å². The van der Waals surface area contributed by atoms with Crippen molar-refractivity contribution in [2.75, 3.05) is 0 Å². The maximum atomic E-state index is 12.2. The summed E-state index contributed by atoms with van der Waals surface area (Å²) in [6, 6.07) is 10.2. The van der Waals surface area contributed by atoms with Gasteiger partial charge in [0, 0.05) is 19.9 Å². The van der Waals surface area contributed by atoms with Crippen molar-refractivity contribution < 1.29 is 4.79 Å². The number of carbonyl (C=O) groups excluding carboxylic acids is 1. The highest BCUT2D eigenvalue weighted by Gasteiger charge is 2.14.